The molecule has 4 rings (SSSR count). The molecule has 0 bridgehead atoms. The fourth-order valence-electron chi connectivity index (χ4n) is 2.48. The third-order valence-corrected chi connectivity index (χ3v) is 4.92. The summed E-state index contributed by atoms with van der Waals surface area (Å²) < 4.78 is 12.4. The molecule has 4 aromatic rings. The van der Waals surface area contributed by atoms with Crippen LogP contribution in [0, 0.1) is 0 Å². The number of halogens is 1. The van der Waals surface area contributed by atoms with Crippen molar-refractivity contribution in [1.82, 2.24) is 19.8 Å². The van der Waals surface area contributed by atoms with Crippen LogP contribution in [0.15, 0.2) is 42.5 Å². The number of hydrogen-bond acceptors (Lipinski definition) is 6. The molecule has 0 atom stereocenters. The van der Waals surface area contributed by atoms with Gasteiger partial charge in [0.15, 0.2) is 17.3 Å². The van der Waals surface area contributed by atoms with Crippen LogP contribution in [0.1, 0.15) is 0 Å². The molecule has 0 radical (unpaired) electrons. The standard InChI is InChI=1S/C17H13ClN4O2S/c1-23-13-8-5-11(9-14(13)24-2)16-21-22-15(19-20-17(22)25-16)10-3-6-12(18)7-4-10/h3-9H,1-2H3. The molecular weight excluding hydrogens is 360 g/mol. The molecule has 8 heteroatoms. The van der Waals surface area contributed by atoms with E-state index in [1.807, 2.05) is 42.5 Å². The zero-order valence-electron chi connectivity index (χ0n) is 13.4. The van der Waals surface area contributed by atoms with E-state index in [-0.39, 0.29) is 0 Å². The highest BCUT2D eigenvalue weighted by Gasteiger charge is 2.15. The second-order valence-corrected chi connectivity index (χ2v) is 6.59. The normalized spacial score (nSPS) is 11.0. The summed E-state index contributed by atoms with van der Waals surface area (Å²) in [5, 5.41) is 14.6. The van der Waals surface area contributed by atoms with E-state index in [1.165, 1.54) is 11.3 Å². The number of methoxy groups -OCH3 is 2. The highest BCUT2D eigenvalue weighted by Crippen LogP contribution is 2.34. The number of rotatable bonds is 4. The highest BCUT2D eigenvalue weighted by atomic mass is 35.5. The van der Waals surface area contributed by atoms with Gasteiger partial charge in [-0.25, -0.2) is 0 Å². The lowest BCUT2D eigenvalue weighted by atomic mass is 10.2. The number of ether oxygens (including phenoxy) is 2. The molecule has 2 aromatic carbocycles. The first-order valence-electron chi connectivity index (χ1n) is 7.40. The van der Waals surface area contributed by atoms with Crippen LogP contribution < -0.4 is 9.47 Å². The van der Waals surface area contributed by atoms with Gasteiger partial charge in [-0.15, -0.1) is 10.2 Å². The molecular formula is C17H13ClN4O2S. The number of benzene rings is 2. The van der Waals surface area contributed by atoms with Crippen molar-refractivity contribution in [3.8, 4) is 33.5 Å². The summed E-state index contributed by atoms with van der Waals surface area (Å²) in [6.07, 6.45) is 0. The molecule has 0 saturated heterocycles. The van der Waals surface area contributed by atoms with E-state index < -0.39 is 0 Å². The SMILES string of the molecule is COc1ccc(-c2nn3c(-c4ccc(Cl)cc4)nnc3s2)cc1OC. The molecule has 2 heterocycles. The Balaban J connectivity index is 1.79. The van der Waals surface area contributed by atoms with E-state index in [4.69, 9.17) is 21.1 Å². The van der Waals surface area contributed by atoms with Crippen LogP contribution in [0.3, 0.4) is 0 Å². The Morgan fingerprint density at radius 3 is 2.36 bits per heavy atom. The Morgan fingerprint density at radius 2 is 1.64 bits per heavy atom. The van der Waals surface area contributed by atoms with Crippen LogP contribution in [0.4, 0.5) is 0 Å². The monoisotopic (exact) mass is 372 g/mol. The summed E-state index contributed by atoms with van der Waals surface area (Å²) in [4.78, 5) is 0.717. The van der Waals surface area contributed by atoms with Crippen molar-refractivity contribution in [3.63, 3.8) is 0 Å². The summed E-state index contributed by atoms with van der Waals surface area (Å²) in [5.74, 6) is 2.01. The summed E-state index contributed by atoms with van der Waals surface area (Å²) in [6.45, 7) is 0. The molecule has 2 aromatic heterocycles. The number of fused-ring (bicyclic) bond motifs is 1. The zero-order valence-corrected chi connectivity index (χ0v) is 15.0. The zero-order chi connectivity index (χ0) is 17.4. The van der Waals surface area contributed by atoms with Crippen LogP contribution in [0.25, 0.3) is 26.9 Å². The molecule has 6 nitrogen and oxygen atoms in total. The van der Waals surface area contributed by atoms with Gasteiger partial charge in [-0.05, 0) is 42.5 Å². The Morgan fingerprint density at radius 1 is 0.920 bits per heavy atom. The quantitative estimate of drug-likeness (QED) is 0.537. The molecule has 25 heavy (non-hydrogen) atoms. The predicted molar refractivity (Wildman–Crippen MR) is 97.6 cm³/mol. The van der Waals surface area contributed by atoms with Crippen molar-refractivity contribution in [1.29, 1.82) is 0 Å². The van der Waals surface area contributed by atoms with Gasteiger partial charge in [-0.1, -0.05) is 22.9 Å². The lowest BCUT2D eigenvalue weighted by molar-refractivity contribution is 0.355. The van der Waals surface area contributed by atoms with Gasteiger partial charge in [-0.3, -0.25) is 0 Å². The van der Waals surface area contributed by atoms with Gasteiger partial charge in [-0.2, -0.15) is 9.61 Å². The second-order valence-electron chi connectivity index (χ2n) is 5.20. The van der Waals surface area contributed by atoms with Crippen LogP contribution in [-0.2, 0) is 0 Å². The van der Waals surface area contributed by atoms with E-state index in [1.54, 1.807) is 18.7 Å². The summed E-state index contributed by atoms with van der Waals surface area (Å²) >= 11 is 7.41. The predicted octanol–water partition coefficient (Wildman–Crippen LogP) is 4.19. The van der Waals surface area contributed by atoms with Gasteiger partial charge in [0.2, 0.25) is 4.96 Å². The number of hydrogen-bond donors (Lipinski definition) is 0. The van der Waals surface area contributed by atoms with Crippen molar-refractivity contribution >= 4 is 27.9 Å². The maximum absolute atomic E-state index is 5.95. The van der Waals surface area contributed by atoms with Crippen molar-refractivity contribution in [2.24, 2.45) is 0 Å². The van der Waals surface area contributed by atoms with Crippen LogP contribution in [-0.4, -0.2) is 34.0 Å². The lowest BCUT2D eigenvalue weighted by Gasteiger charge is -2.07. The van der Waals surface area contributed by atoms with Gasteiger partial charge < -0.3 is 9.47 Å². The molecule has 126 valence electrons. The Bertz CT molecular complexity index is 1040. The molecule has 0 spiro atoms. The van der Waals surface area contributed by atoms with Crippen LogP contribution >= 0.6 is 22.9 Å². The van der Waals surface area contributed by atoms with Gasteiger partial charge in [0, 0.05) is 16.1 Å². The fourth-order valence-corrected chi connectivity index (χ4v) is 3.44. The van der Waals surface area contributed by atoms with E-state index in [9.17, 15) is 0 Å². The largest absolute Gasteiger partial charge is 0.493 e. The smallest absolute Gasteiger partial charge is 0.235 e. The fraction of sp³-hybridized carbons (Fsp3) is 0.118. The van der Waals surface area contributed by atoms with Gasteiger partial charge >= 0.3 is 0 Å². The maximum Gasteiger partial charge on any atom is 0.235 e. The average molecular weight is 373 g/mol. The molecule has 0 fully saturated rings. The molecule has 0 saturated carbocycles. The second kappa shape index (κ2) is 6.34. The van der Waals surface area contributed by atoms with E-state index in [0.717, 1.165) is 21.1 Å². The number of aromatic nitrogens is 4. The number of nitrogens with zero attached hydrogens (tertiary/aromatic N) is 4. The Labute approximate surface area is 152 Å². The minimum absolute atomic E-state index is 0.656. The molecule has 0 amide bonds. The van der Waals surface area contributed by atoms with E-state index in [2.05, 4.69) is 15.3 Å². The minimum atomic E-state index is 0.656. The van der Waals surface area contributed by atoms with Crippen LogP contribution in [0.5, 0.6) is 11.5 Å². The molecule has 0 aliphatic rings. The Hall–Kier alpha value is -2.64. The summed E-state index contributed by atoms with van der Waals surface area (Å²) in [6, 6.07) is 13.1. The van der Waals surface area contributed by atoms with Gasteiger partial charge in [0.1, 0.15) is 5.01 Å². The first kappa shape index (κ1) is 15.9. The molecule has 0 aliphatic carbocycles. The third kappa shape index (κ3) is 2.81. The van der Waals surface area contributed by atoms with Crippen molar-refractivity contribution in [3.05, 3.63) is 47.5 Å². The first-order chi connectivity index (χ1) is 12.2. The van der Waals surface area contributed by atoms with Crippen LogP contribution in [0.2, 0.25) is 5.02 Å². The minimum Gasteiger partial charge on any atom is -0.493 e. The van der Waals surface area contributed by atoms with E-state index >= 15 is 0 Å². The Kier molecular flexibility index (Phi) is 4.03. The van der Waals surface area contributed by atoms with E-state index in [0.29, 0.717) is 22.3 Å². The van der Waals surface area contributed by atoms with Crippen molar-refractivity contribution in [2.45, 2.75) is 0 Å². The summed E-state index contributed by atoms with van der Waals surface area (Å²) in [7, 11) is 3.22. The lowest BCUT2D eigenvalue weighted by Crippen LogP contribution is -1.92. The average Bonchev–Trinajstić information content (AvgIpc) is 3.22. The van der Waals surface area contributed by atoms with Gasteiger partial charge in [0.25, 0.3) is 0 Å². The maximum atomic E-state index is 5.95. The topological polar surface area (TPSA) is 61.5 Å². The molecule has 0 N–H and O–H groups in total. The summed E-state index contributed by atoms with van der Waals surface area (Å²) in [5.41, 5.74) is 1.83. The van der Waals surface area contributed by atoms with Gasteiger partial charge in [0.05, 0.1) is 14.2 Å². The van der Waals surface area contributed by atoms with Crippen molar-refractivity contribution < 1.29 is 9.47 Å². The highest BCUT2D eigenvalue weighted by molar-refractivity contribution is 7.19. The van der Waals surface area contributed by atoms with Crippen molar-refractivity contribution in [2.75, 3.05) is 14.2 Å². The molecule has 0 unspecified atom stereocenters. The third-order valence-electron chi connectivity index (χ3n) is 3.72. The molecule has 0 aliphatic heterocycles. The first-order valence-corrected chi connectivity index (χ1v) is 8.59.